The summed E-state index contributed by atoms with van der Waals surface area (Å²) in [6, 6.07) is 8.83. The second kappa shape index (κ2) is 8.82. The molecule has 8 heteroatoms. The standard InChI is InChI=1S/C27H33N3O4S/c1-18(2)28-14-8-13-27-21(24(33)30(16-9-17-31)22(27)25(28)34)20-23(32)29(19-10-5-4-6-11-19)15-7-12-26(20,3)35-27/h4-8,10-13,18,20-22,31H,9,14-17H2,1-3H3/t20-,21+,22?,26+,27+/m1/s1. The molecule has 1 N–H and O–H groups in total. The number of nitrogens with zero attached hydrogens (tertiary/aromatic N) is 3. The van der Waals surface area contributed by atoms with Gasteiger partial charge >= 0.3 is 0 Å². The lowest BCUT2D eigenvalue weighted by molar-refractivity contribution is -0.143. The van der Waals surface area contributed by atoms with Gasteiger partial charge in [0.05, 0.1) is 16.6 Å². The van der Waals surface area contributed by atoms with Crippen LogP contribution < -0.4 is 4.90 Å². The van der Waals surface area contributed by atoms with Gasteiger partial charge < -0.3 is 19.8 Å². The van der Waals surface area contributed by atoms with Crippen molar-refractivity contribution in [3.05, 3.63) is 54.6 Å². The van der Waals surface area contributed by atoms with Crippen molar-refractivity contribution in [2.75, 3.05) is 31.1 Å². The third-order valence-electron chi connectivity index (χ3n) is 7.84. The summed E-state index contributed by atoms with van der Waals surface area (Å²) < 4.78 is -1.47. The maximum atomic E-state index is 14.2. The van der Waals surface area contributed by atoms with Crippen molar-refractivity contribution in [2.24, 2.45) is 11.8 Å². The summed E-state index contributed by atoms with van der Waals surface area (Å²) in [7, 11) is 0. The fourth-order valence-electron chi connectivity index (χ4n) is 6.32. The van der Waals surface area contributed by atoms with Crippen LogP contribution in [0.3, 0.4) is 0 Å². The topological polar surface area (TPSA) is 81.2 Å². The van der Waals surface area contributed by atoms with Crippen molar-refractivity contribution in [2.45, 2.75) is 48.8 Å². The Bertz CT molecular complexity index is 1090. The molecule has 2 fully saturated rings. The van der Waals surface area contributed by atoms with Crippen LogP contribution in [0.5, 0.6) is 0 Å². The molecule has 5 rings (SSSR count). The van der Waals surface area contributed by atoms with Crippen LogP contribution in [-0.4, -0.2) is 80.4 Å². The second-order valence-electron chi connectivity index (χ2n) is 10.3. The molecule has 4 aliphatic rings. The van der Waals surface area contributed by atoms with Gasteiger partial charge in [-0.05, 0) is 39.3 Å². The van der Waals surface area contributed by atoms with Crippen molar-refractivity contribution in [3.8, 4) is 0 Å². The van der Waals surface area contributed by atoms with Crippen LogP contribution in [0, 0.1) is 11.8 Å². The van der Waals surface area contributed by atoms with Crippen LogP contribution in [0.2, 0.25) is 0 Å². The number of para-hydroxylation sites is 1. The largest absolute Gasteiger partial charge is 0.396 e. The first-order chi connectivity index (χ1) is 16.7. The summed E-state index contributed by atoms with van der Waals surface area (Å²) in [5.74, 6) is -1.59. The minimum Gasteiger partial charge on any atom is -0.396 e. The predicted molar refractivity (Wildman–Crippen MR) is 137 cm³/mol. The molecule has 3 amide bonds. The molecule has 4 aliphatic heterocycles. The Morgan fingerprint density at radius 1 is 1.00 bits per heavy atom. The Hall–Kier alpha value is -2.58. The average molecular weight is 496 g/mol. The van der Waals surface area contributed by atoms with Crippen LogP contribution in [0.4, 0.5) is 5.69 Å². The normalized spacial score (nSPS) is 34.3. The van der Waals surface area contributed by atoms with Gasteiger partial charge in [0.1, 0.15) is 6.04 Å². The molecule has 1 unspecified atom stereocenters. The van der Waals surface area contributed by atoms with E-state index in [9.17, 15) is 19.5 Å². The number of benzene rings is 1. The highest BCUT2D eigenvalue weighted by molar-refractivity contribution is 8.02. The van der Waals surface area contributed by atoms with Crippen molar-refractivity contribution in [3.63, 3.8) is 0 Å². The molecule has 0 bridgehead atoms. The molecule has 4 heterocycles. The van der Waals surface area contributed by atoms with E-state index in [1.54, 1.807) is 21.6 Å². The second-order valence-corrected chi connectivity index (χ2v) is 12.1. The first kappa shape index (κ1) is 24.1. The van der Waals surface area contributed by atoms with E-state index in [1.807, 2.05) is 74.2 Å². The predicted octanol–water partition coefficient (Wildman–Crippen LogP) is 2.47. The van der Waals surface area contributed by atoms with Gasteiger partial charge in [0.15, 0.2) is 0 Å². The summed E-state index contributed by atoms with van der Waals surface area (Å²) in [5, 5.41) is 9.52. The number of aliphatic hydroxyl groups is 1. The third-order valence-corrected chi connectivity index (χ3v) is 9.63. The number of fused-ring (bicyclic) bond motifs is 2. The first-order valence-electron chi connectivity index (χ1n) is 12.4. The molecule has 0 radical (unpaired) electrons. The fourth-order valence-corrected chi connectivity index (χ4v) is 8.48. The van der Waals surface area contributed by atoms with E-state index < -0.39 is 27.4 Å². The molecule has 1 aromatic rings. The van der Waals surface area contributed by atoms with Gasteiger partial charge in [-0.2, -0.15) is 0 Å². The van der Waals surface area contributed by atoms with Crippen LogP contribution >= 0.6 is 11.8 Å². The Balaban J connectivity index is 1.64. The molecular weight excluding hydrogens is 462 g/mol. The number of thioether (sulfide) groups is 1. The highest BCUT2D eigenvalue weighted by atomic mass is 32.2. The van der Waals surface area contributed by atoms with Crippen molar-refractivity contribution < 1.29 is 19.5 Å². The fraction of sp³-hybridized carbons (Fsp3) is 0.519. The van der Waals surface area contributed by atoms with Gasteiger partial charge in [-0.1, -0.05) is 42.5 Å². The maximum Gasteiger partial charge on any atom is 0.247 e. The van der Waals surface area contributed by atoms with Crippen LogP contribution in [0.1, 0.15) is 27.2 Å². The number of hydrogen-bond acceptors (Lipinski definition) is 5. The number of anilines is 1. The number of carbonyl (C=O) groups excluding carboxylic acids is 3. The molecule has 2 saturated heterocycles. The number of likely N-dealkylation sites (tertiary alicyclic amines) is 1. The Morgan fingerprint density at radius 3 is 2.40 bits per heavy atom. The van der Waals surface area contributed by atoms with E-state index in [0.29, 0.717) is 26.1 Å². The molecule has 7 nitrogen and oxygen atoms in total. The number of carbonyl (C=O) groups is 3. The molecule has 0 aromatic heterocycles. The van der Waals surface area contributed by atoms with Gasteiger partial charge in [-0.25, -0.2) is 0 Å². The quantitative estimate of drug-likeness (QED) is 0.635. The molecular formula is C27H33N3O4S. The number of amides is 3. The molecule has 5 atom stereocenters. The molecule has 0 saturated carbocycles. The first-order valence-corrected chi connectivity index (χ1v) is 13.2. The Labute approximate surface area is 210 Å². The monoisotopic (exact) mass is 495 g/mol. The number of rotatable bonds is 5. The van der Waals surface area contributed by atoms with E-state index in [4.69, 9.17) is 0 Å². The molecule has 1 spiro atoms. The highest BCUT2D eigenvalue weighted by Gasteiger charge is 2.73. The summed E-state index contributed by atoms with van der Waals surface area (Å²) in [5.41, 5.74) is 0.801. The Morgan fingerprint density at radius 2 is 1.71 bits per heavy atom. The van der Waals surface area contributed by atoms with Crippen LogP contribution in [0.25, 0.3) is 0 Å². The SMILES string of the molecule is CC(C)N1CC=C[C@]23S[C@@]4(C)C=CCN(c5ccccc5)C(=O)[C@H]4[C@H]2C(=O)N(CCCO)C3C1=O. The summed E-state index contributed by atoms with van der Waals surface area (Å²) in [4.78, 5) is 47.5. The lowest BCUT2D eigenvalue weighted by atomic mass is 9.74. The molecule has 0 aliphatic carbocycles. The van der Waals surface area contributed by atoms with Gasteiger partial charge in [0, 0.05) is 42.7 Å². The van der Waals surface area contributed by atoms with Crippen LogP contribution in [0.15, 0.2) is 54.6 Å². The molecule has 186 valence electrons. The van der Waals surface area contributed by atoms with Crippen LogP contribution in [-0.2, 0) is 14.4 Å². The zero-order valence-corrected chi connectivity index (χ0v) is 21.3. The van der Waals surface area contributed by atoms with Gasteiger partial charge in [-0.3, -0.25) is 14.4 Å². The summed E-state index contributed by atoms with van der Waals surface area (Å²) >= 11 is 1.59. The zero-order chi connectivity index (χ0) is 25.0. The van der Waals surface area contributed by atoms with E-state index in [0.717, 1.165) is 5.69 Å². The van der Waals surface area contributed by atoms with E-state index >= 15 is 0 Å². The van der Waals surface area contributed by atoms with Crippen molar-refractivity contribution in [1.82, 2.24) is 9.80 Å². The van der Waals surface area contributed by atoms with Crippen molar-refractivity contribution in [1.29, 1.82) is 0 Å². The van der Waals surface area contributed by atoms with Gasteiger partial charge in [0.25, 0.3) is 0 Å². The van der Waals surface area contributed by atoms with E-state index in [-0.39, 0.29) is 30.4 Å². The highest BCUT2D eigenvalue weighted by Crippen LogP contribution is 2.65. The van der Waals surface area contributed by atoms with Crippen molar-refractivity contribution >= 4 is 35.2 Å². The van der Waals surface area contributed by atoms with E-state index in [2.05, 4.69) is 6.08 Å². The number of hydrogen-bond donors (Lipinski definition) is 1. The Kier molecular flexibility index (Phi) is 6.08. The van der Waals surface area contributed by atoms with Gasteiger partial charge in [-0.15, -0.1) is 11.8 Å². The average Bonchev–Trinajstić information content (AvgIpc) is 3.09. The maximum absolute atomic E-state index is 14.2. The summed E-state index contributed by atoms with van der Waals surface area (Å²) in [6.45, 7) is 7.14. The minimum absolute atomic E-state index is 0.0151. The molecule has 35 heavy (non-hydrogen) atoms. The lowest BCUT2D eigenvalue weighted by Gasteiger charge is -2.37. The lowest BCUT2D eigenvalue weighted by Crippen LogP contribution is -2.54. The van der Waals surface area contributed by atoms with E-state index in [1.165, 1.54) is 0 Å². The molecule has 1 aromatic carbocycles. The minimum atomic E-state index is -0.841. The third kappa shape index (κ3) is 3.56. The number of aliphatic hydroxyl groups excluding tert-OH is 1. The van der Waals surface area contributed by atoms with Gasteiger partial charge in [0.2, 0.25) is 17.7 Å². The smallest absolute Gasteiger partial charge is 0.247 e. The summed E-state index contributed by atoms with van der Waals surface area (Å²) in [6.07, 6.45) is 8.51. The zero-order valence-electron chi connectivity index (χ0n) is 20.5.